The maximum atomic E-state index is 5.87. The fourth-order valence-corrected chi connectivity index (χ4v) is 3.34. The molecule has 18 heavy (non-hydrogen) atoms. The number of benzene rings is 2. The molecule has 0 aliphatic heterocycles. The van der Waals surface area contributed by atoms with Gasteiger partial charge >= 0.3 is 0 Å². The molecule has 0 spiro atoms. The van der Waals surface area contributed by atoms with E-state index in [1.807, 2.05) is 54.6 Å². The number of rotatable bonds is 5. The van der Waals surface area contributed by atoms with Crippen LogP contribution in [0.1, 0.15) is 11.1 Å². The molecule has 0 N–H and O–H groups in total. The summed E-state index contributed by atoms with van der Waals surface area (Å²) in [6.45, 7) is 0.586. The summed E-state index contributed by atoms with van der Waals surface area (Å²) in [6.07, 6.45) is 0. The maximum Gasteiger partial charge on any atom is 0.241 e. The third-order valence-corrected chi connectivity index (χ3v) is 4.27. The number of hydrogen-bond acceptors (Lipinski definition) is 1. The highest BCUT2D eigenvalue weighted by molar-refractivity contribution is 7.33. The lowest BCUT2D eigenvalue weighted by Crippen LogP contribution is -2.00. The lowest BCUT2D eigenvalue weighted by atomic mass is 10.2. The van der Waals surface area contributed by atoms with Crippen molar-refractivity contribution in [2.75, 3.05) is 0 Å². The van der Waals surface area contributed by atoms with E-state index in [2.05, 4.69) is 0 Å². The zero-order valence-electron chi connectivity index (χ0n) is 9.85. The van der Waals surface area contributed by atoms with Gasteiger partial charge in [0, 0.05) is 0 Å². The second kappa shape index (κ2) is 6.83. The molecule has 2 aromatic rings. The summed E-state index contributed by atoms with van der Waals surface area (Å²) in [7, 11) is -1.57. The molecule has 0 radical (unpaired) electrons. The Balaban J connectivity index is 1.90. The average Bonchev–Trinajstić information content (AvgIpc) is 2.38. The largest absolute Gasteiger partial charge is 0.489 e. The van der Waals surface area contributed by atoms with Gasteiger partial charge in [-0.05, 0) is 29.3 Å². The maximum absolute atomic E-state index is 5.87. The first kappa shape index (κ1) is 13.5. The molecule has 0 heterocycles. The van der Waals surface area contributed by atoms with Crippen LogP contribution in [0.4, 0.5) is 0 Å². The first-order valence-electron chi connectivity index (χ1n) is 5.78. The van der Waals surface area contributed by atoms with Crippen LogP contribution in [-0.4, -0.2) is 7.42 Å². The molecule has 4 heteroatoms. The van der Waals surface area contributed by atoms with Crippen LogP contribution in [-0.2, 0) is 12.7 Å². The molecule has 0 saturated carbocycles. The van der Waals surface area contributed by atoms with E-state index in [1.165, 1.54) is 5.56 Å². The van der Waals surface area contributed by atoms with Crippen LogP contribution >= 0.6 is 22.2 Å². The lowest BCUT2D eigenvalue weighted by Gasteiger charge is -2.07. The topological polar surface area (TPSA) is 9.23 Å². The van der Waals surface area contributed by atoms with Gasteiger partial charge < -0.3 is 4.74 Å². The summed E-state index contributed by atoms with van der Waals surface area (Å²) in [5.41, 5.74) is 2.33. The highest BCUT2D eigenvalue weighted by atomic mass is 35.7. The molecule has 0 amide bonds. The Bertz CT molecular complexity index is 471. The van der Waals surface area contributed by atoms with Crippen LogP contribution in [0.2, 0.25) is 0 Å². The van der Waals surface area contributed by atoms with Crippen molar-refractivity contribution in [1.82, 2.24) is 0 Å². The standard InChI is InChI=1S/C14H14Cl2OSi/c15-18(16)11-13-6-8-14(9-7-13)17-10-12-4-2-1-3-5-12/h1-9,18H,10-11H2. The van der Waals surface area contributed by atoms with E-state index in [9.17, 15) is 0 Å². The predicted octanol–water partition coefficient (Wildman–Crippen LogP) is 4.05. The lowest BCUT2D eigenvalue weighted by molar-refractivity contribution is 0.306. The first-order chi connectivity index (χ1) is 8.74. The van der Waals surface area contributed by atoms with E-state index in [0.717, 1.165) is 17.4 Å². The second-order valence-corrected chi connectivity index (χ2v) is 9.03. The molecule has 0 aliphatic rings. The van der Waals surface area contributed by atoms with E-state index in [4.69, 9.17) is 26.9 Å². The van der Waals surface area contributed by atoms with Gasteiger partial charge in [-0.2, -0.15) is 0 Å². The Morgan fingerprint density at radius 1 is 0.833 bits per heavy atom. The molecule has 0 atom stereocenters. The van der Waals surface area contributed by atoms with Gasteiger partial charge in [0.2, 0.25) is 7.42 Å². The van der Waals surface area contributed by atoms with Gasteiger partial charge in [0.25, 0.3) is 0 Å². The Morgan fingerprint density at radius 2 is 1.50 bits per heavy atom. The van der Waals surface area contributed by atoms with Gasteiger partial charge in [0.05, 0.1) is 0 Å². The van der Waals surface area contributed by atoms with Crippen molar-refractivity contribution in [1.29, 1.82) is 0 Å². The predicted molar refractivity (Wildman–Crippen MR) is 79.8 cm³/mol. The molecule has 94 valence electrons. The van der Waals surface area contributed by atoms with Gasteiger partial charge in [0.1, 0.15) is 12.4 Å². The van der Waals surface area contributed by atoms with Gasteiger partial charge in [0.15, 0.2) is 0 Å². The van der Waals surface area contributed by atoms with Crippen molar-refractivity contribution in [3.8, 4) is 5.75 Å². The summed E-state index contributed by atoms with van der Waals surface area (Å²) < 4.78 is 5.70. The number of ether oxygens (including phenoxy) is 1. The van der Waals surface area contributed by atoms with E-state index in [-0.39, 0.29) is 0 Å². The van der Waals surface area contributed by atoms with Crippen LogP contribution < -0.4 is 4.74 Å². The summed E-state index contributed by atoms with van der Waals surface area (Å²) in [5.74, 6) is 0.866. The minimum atomic E-state index is -1.57. The van der Waals surface area contributed by atoms with Gasteiger partial charge in [-0.1, -0.05) is 42.5 Å². The molecule has 0 saturated heterocycles. The molecular weight excluding hydrogens is 283 g/mol. The number of halogens is 2. The fraction of sp³-hybridized carbons (Fsp3) is 0.143. The summed E-state index contributed by atoms with van der Waals surface area (Å²) in [5, 5.41) is 0. The molecule has 2 rings (SSSR count). The third kappa shape index (κ3) is 4.37. The molecule has 2 aromatic carbocycles. The third-order valence-electron chi connectivity index (χ3n) is 2.56. The Kier molecular flexibility index (Phi) is 5.11. The first-order valence-corrected chi connectivity index (χ1v) is 10.1. The molecule has 0 aliphatic carbocycles. The SMILES string of the molecule is Cl[SiH](Cl)Cc1ccc(OCc2ccccc2)cc1. The van der Waals surface area contributed by atoms with Gasteiger partial charge in [-0.15, -0.1) is 22.2 Å². The van der Waals surface area contributed by atoms with Crippen LogP contribution in [0.15, 0.2) is 54.6 Å². The highest BCUT2D eigenvalue weighted by Gasteiger charge is 2.04. The summed E-state index contributed by atoms with van der Waals surface area (Å²) in [6, 6.07) is 18.9. The Labute approximate surface area is 118 Å². The summed E-state index contributed by atoms with van der Waals surface area (Å²) >= 11 is 11.7. The molecule has 0 fully saturated rings. The van der Waals surface area contributed by atoms with E-state index in [0.29, 0.717) is 6.61 Å². The monoisotopic (exact) mass is 296 g/mol. The van der Waals surface area contributed by atoms with Crippen LogP contribution in [0.25, 0.3) is 0 Å². The quantitative estimate of drug-likeness (QED) is 0.597. The molecular formula is C14H14Cl2OSi. The minimum Gasteiger partial charge on any atom is -0.489 e. The van der Waals surface area contributed by atoms with E-state index in [1.54, 1.807) is 0 Å². The number of hydrogen-bond donors (Lipinski definition) is 0. The van der Waals surface area contributed by atoms with Crippen LogP contribution in [0.3, 0.4) is 0 Å². The molecule has 0 aromatic heterocycles. The normalized spacial score (nSPS) is 10.6. The zero-order valence-corrected chi connectivity index (χ0v) is 12.5. The second-order valence-electron chi connectivity index (χ2n) is 4.01. The molecule has 0 unspecified atom stereocenters. The van der Waals surface area contributed by atoms with Crippen LogP contribution in [0.5, 0.6) is 5.75 Å². The van der Waals surface area contributed by atoms with Crippen molar-refractivity contribution in [2.45, 2.75) is 12.7 Å². The summed E-state index contributed by atoms with van der Waals surface area (Å²) in [4.78, 5) is 0. The minimum absolute atomic E-state index is 0.586. The average molecular weight is 297 g/mol. The van der Waals surface area contributed by atoms with Crippen molar-refractivity contribution >= 4 is 29.6 Å². The molecule has 0 bridgehead atoms. The van der Waals surface area contributed by atoms with Crippen molar-refractivity contribution in [3.63, 3.8) is 0 Å². The fourth-order valence-electron chi connectivity index (χ4n) is 1.64. The Hall–Kier alpha value is -0.963. The zero-order chi connectivity index (χ0) is 12.8. The van der Waals surface area contributed by atoms with Crippen LogP contribution in [0, 0.1) is 0 Å². The van der Waals surface area contributed by atoms with E-state index < -0.39 is 7.42 Å². The van der Waals surface area contributed by atoms with Gasteiger partial charge in [-0.25, -0.2) is 0 Å². The Morgan fingerprint density at radius 3 is 2.11 bits per heavy atom. The van der Waals surface area contributed by atoms with Gasteiger partial charge in [-0.3, -0.25) is 0 Å². The van der Waals surface area contributed by atoms with E-state index >= 15 is 0 Å². The smallest absolute Gasteiger partial charge is 0.241 e. The highest BCUT2D eigenvalue weighted by Crippen LogP contribution is 2.16. The molecule has 1 nitrogen and oxygen atoms in total. The van der Waals surface area contributed by atoms with Crippen molar-refractivity contribution < 1.29 is 4.74 Å². The van der Waals surface area contributed by atoms with Crippen molar-refractivity contribution in [2.24, 2.45) is 0 Å². The van der Waals surface area contributed by atoms with Crippen molar-refractivity contribution in [3.05, 3.63) is 65.7 Å².